The summed E-state index contributed by atoms with van der Waals surface area (Å²) in [5, 5.41) is 0. The lowest BCUT2D eigenvalue weighted by Crippen LogP contribution is -2.22. The second-order valence-corrected chi connectivity index (χ2v) is 3.45. The van der Waals surface area contributed by atoms with Gasteiger partial charge in [0.25, 0.3) is 0 Å². The number of carbonyl (C=O) groups is 1. The van der Waals surface area contributed by atoms with E-state index in [1.165, 1.54) is 0 Å². The van der Waals surface area contributed by atoms with Crippen LogP contribution in [0.4, 0.5) is 0 Å². The predicted octanol–water partition coefficient (Wildman–Crippen LogP) is 2.11. The van der Waals surface area contributed by atoms with Gasteiger partial charge in [0.1, 0.15) is 0 Å². The van der Waals surface area contributed by atoms with Gasteiger partial charge in [-0.05, 0) is 19.2 Å². The highest BCUT2D eigenvalue weighted by Gasteiger charge is 2.01. The molecule has 0 aromatic rings. The summed E-state index contributed by atoms with van der Waals surface area (Å²) in [6.45, 7) is 11.1. The number of ketones is 1. The number of nitrogens with zero attached hydrogens (tertiary/aromatic N) is 1. The van der Waals surface area contributed by atoms with Crippen molar-refractivity contribution in [1.29, 1.82) is 0 Å². The summed E-state index contributed by atoms with van der Waals surface area (Å²) in [4.78, 5) is 13.5. The Hall–Kier alpha value is -0.630. The Morgan fingerprint density at radius 1 is 1.31 bits per heavy atom. The molecule has 0 aliphatic rings. The van der Waals surface area contributed by atoms with E-state index >= 15 is 0 Å². The fraction of sp³-hybridized carbons (Fsp3) is 0.727. The van der Waals surface area contributed by atoms with Crippen LogP contribution in [0.1, 0.15) is 27.7 Å². The fourth-order valence-electron chi connectivity index (χ4n) is 0.992. The molecule has 0 atom stereocenters. The first-order chi connectivity index (χ1) is 6.11. The third-order valence-electron chi connectivity index (χ3n) is 2.11. The summed E-state index contributed by atoms with van der Waals surface area (Å²) in [5.41, 5.74) is 0. The van der Waals surface area contributed by atoms with Gasteiger partial charge in [0, 0.05) is 12.5 Å². The Labute approximate surface area is 81.6 Å². The molecule has 0 radical (unpaired) electrons. The zero-order chi connectivity index (χ0) is 10.3. The van der Waals surface area contributed by atoms with Crippen LogP contribution in [0, 0.1) is 5.92 Å². The van der Waals surface area contributed by atoms with Crippen LogP contribution < -0.4 is 0 Å². The molecule has 0 aromatic carbocycles. The fourth-order valence-corrected chi connectivity index (χ4v) is 0.992. The summed E-state index contributed by atoms with van der Waals surface area (Å²) in [5.74, 6) is 0.333. The lowest BCUT2D eigenvalue weighted by molar-refractivity contribution is -0.117. The molecule has 0 amide bonds. The highest BCUT2D eigenvalue weighted by molar-refractivity contribution is 5.91. The largest absolute Gasteiger partial charge is 0.300 e. The standard InChI is InChI=1S/C11H21NO/c1-5-12(6-2)9-7-8-11(13)10(3)4/h7-8,10H,5-6,9H2,1-4H3/b8-7+. The summed E-state index contributed by atoms with van der Waals surface area (Å²) in [6.07, 6.45) is 3.65. The Balaban J connectivity index is 3.79. The lowest BCUT2D eigenvalue weighted by Gasteiger charge is -2.14. The molecule has 76 valence electrons. The number of carbonyl (C=O) groups excluding carboxylic acids is 1. The normalized spacial score (nSPS) is 11.8. The molecule has 0 unspecified atom stereocenters. The van der Waals surface area contributed by atoms with Crippen molar-refractivity contribution >= 4 is 5.78 Å². The van der Waals surface area contributed by atoms with Crippen molar-refractivity contribution in [3.63, 3.8) is 0 Å². The van der Waals surface area contributed by atoms with E-state index in [9.17, 15) is 4.79 Å². The molecule has 13 heavy (non-hydrogen) atoms. The average Bonchev–Trinajstić information content (AvgIpc) is 2.12. The van der Waals surface area contributed by atoms with E-state index in [1.807, 2.05) is 19.9 Å². The van der Waals surface area contributed by atoms with Gasteiger partial charge < -0.3 is 4.90 Å². The molecule has 0 fully saturated rings. The Morgan fingerprint density at radius 3 is 2.23 bits per heavy atom. The number of rotatable bonds is 6. The third kappa shape index (κ3) is 5.58. The van der Waals surface area contributed by atoms with E-state index in [0.29, 0.717) is 0 Å². The minimum atomic E-state index is 0.118. The first kappa shape index (κ1) is 12.4. The molecule has 0 aliphatic carbocycles. The predicted molar refractivity (Wildman–Crippen MR) is 56.8 cm³/mol. The van der Waals surface area contributed by atoms with Crippen molar-refractivity contribution in [2.24, 2.45) is 5.92 Å². The number of allylic oxidation sites excluding steroid dienone is 1. The van der Waals surface area contributed by atoms with Gasteiger partial charge in [0.2, 0.25) is 0 Å². The van der Waals surface area contributed by atoms with Gasteiger partial charge >= 0.3 is 0 Å². The molecular formula is C11H21NO. The summed E-state index contributed by atoms with van der Waals surface area (Å²) in [6, 6.07) is 0. The number of likely N-dealkylation sites (N-methyl/N-ethyl adjacent to an activating group) is 1. The monoisotopic (exact) mass is 183 g/mol. The molecule has 0 heterocycles. The SMILES string of the molecule is CCN(CC)C/C=C/C(=O)C(C)C. The maximum atomic E-state index is 11.2. The summed E-state index contributed by atoms with van der Waals surface area (Å²) >= 11 is 0. The minimum absolute atomic E-state index is 0.118. The van der Waals surface area contributed by atoms with Crippen LogP contribution in [0.15, 0.2) is 12.2 Å². The third-order valence-corrected chi connectivity index (χ3v) is 2.11. The van der Waals surface area contributed by atoms with Crippen LogP contribution in [0.25, 0.3) is 0 Å². The van der Waals surface area contributed by atoms with Crippen molar-refractivity contribution in [3.05, 3.63) is 12.2 Å². The molecule has 0 saturated heterocycles. The Morgan fingerprint density at radius 2 is 1.85 bits per heavy atom. The topological polar surface area (TPSA) is 20.3 Å². The highest BCUT2D eigenvalue weighted by atomic mass is 16.1. The smallest absolute Gasteiger partial charge is 0.157 e. The van der Waals surface area contributed by atoms with Crippen molar-refractivity contribution in [2.45, 2.75) is 27.7 Å². The molecule has 0 aliphatic heterocycles. The van der Waals surface area contributed by atoms with E-state index in [1.54, 1.807) is 6.08 Å². The van der Waals surface area contributed by atoms with Crippen LogP contribution in [-0.2, 0) is 4.79 Å². The number of hydrogen-bond acceptors (Lipinski definition) is 2. The molecule has 0 N–H and O–H groups in total. The van der Waals surface area contributed by atoms with Crippen LogP contribution in [-0.4, -0.2) is 30.3 Å². The maximum Gasteiger partial charge on any atom is 0.157 e. The molecule has 2 nitrogen and oxygen atoms in total. The van der Waals surface area contributed by atoms with Crippen molar-refractivity contribution < 1.29 is 4.79 Å². The van der Waals surface area contributed by atoms with E-state index < -0.39 is 0 Å². The van der Waals surface area contributed by atoms with E-state index in [4.69, 9.17) is 0 Å². The van der Waals surface area contributed by atoms with Crippen molar-refractivity contribution in [3.8, 4) is 0 Å². The molecule has 0 aromatic heterocycles. The van der Waals surface area contributed by atoms with Gasteiger partial charge in [0.05, 0.1) is 0 Å². The van der Waals surface area contributed by atoms with Gasteiger partial charge in [-0.15, -0.1) is 0 Å². The van der Waals surface area contributed by atoms with Crippen LogP contribution >= 0.6 is 0 Å². The molecule has 0 saturated carbocycles. The van der Waals surface area contributed by atoms with Crippen molar-refractivity contribution in [2.75, 3.05) is 19.6 Å². The van der Waals surface area contributed by atoms with Gasteiger partial charge in [-0.1, -0.05) is 33.8 Å². The quantitative estimate of drug-likeness (QED) is 0.588. The zero-order valence-electron chi connectivity index (χ0n) is 9.21. The van der Waals surface area contributed by atoms with Crippen LogP contribution in [0.3, 0.4) is 0 Å². The van der Waals surface area contributed by atoms with E-state index in [2.05, 4.69) is 18.7 Å². The van der Waals surface area contributed by atoms with Crippen LogP contribution in [0.5, 0.6) is 0 Å². The second-order valence-electron chi connectivity index (χ2n) is 3.45. The Bertz CT molecular complexity index is 169. The molecule has 0 bridgehead atoms. The molecule has 0 spiro atoms. The average molecular weight is 183 g/mol. The zero-order valence-corrected chi connectivity index (χ0v) is 9.21. The molecule has 2 heteroatoms. The second kappa shape index (κ2) is 6.84. The minimum Gasteiger partial charge on any atom is -0.300 e. The first-order valence-electron chi connectivity index (χ1n) is 5.04. The van der Waals surface area contributed by atoms with E-state index in [-0.39, 0.29) is 11.7 Å². The number of hydrogen-bond donors (Lipinski definition) is 0. The van der Waals surface area contributed by atoms with Crippen LogP contribution in [0.2, 0.25) is 0 Å². The van der Waals surface area contributed by atoms with Gasteiger partial charge in [0.15, 0.2) is 5.78 Å². The van der Waals surface area contributed by atoms with Gasteiger partial charge in [-0.3, -0.25) is 4.79 Å². The van der Waals surface area contributed by atoms with Crippen molar-refractivity contribution in [1.82, 2.24) is 4.90 Å². The summed E-state index contributed by atoms with van der Waals surface area (Å²) < 4.78 is 0. The molecule has 0 rings (SSSR count). The van der Waals surface area contributed by atoms with Gasteiger partial charge in [-0.2, -0.15) is 0 Å². The first-order valence-corrected chi connectivity index (χ1v) is 5.04. The van der Waals surface area contributed by atoms with Gasteiger partial charge in [-0.25, -0.2) is 0 Å². The molecular weight excluding hydrogens is 162 g/mol. The maximum absolute atomic E-state index is 11.2. The summed E-state index contributed by atoms with van der Waals surface area (Å²) in [7, 11) is 0. The van der Waals surface area contributed by atoms with E-state index in [0.717, 1.165) is 19.6 Å². The lowest BCUT2D eigenvalue weighted by atomic mass is 10.1. The Kier molecular flexibility index (Phi) is 6.51. The highest BCUT2D eigenvalue weighted by Crippen LogP contribution is 1.95.